The van der Waals surface area contributed by atoms with Crippen molar-refractivity contribution in [3.05, 3.63) is 41.3 Å². The summed E-state index contributed by atoms with van der Waals surface area (Å²) in [4.78, 5) is 21.9. The van der Waals surface area contributed by atoms with Gasteiger partial charge in [0.25, 0.3) is 5.91 Å². The average molecular weight is 391 g/mol. The first kappa shape index (κ1) is 19.5. The number of hydrogen-bond acceptors (Lipinski definition) is 5. The number of aromatic nitrogens is 2. The minimum absolute atomic E-state index is 0. The minimum atomic E-state index is -4.65. The van der Waals surface area contributed by atoms with E-state index in [4.69, 9.17) is 5.73 Å². The van der Waals surface area contributed by atoms with Gasteiger partial charge in [-0.1, -0.05) is 23.9 Å². The maximum Gasteiger partial charge on any atom is 0.434 e. The summed E-state index contributed by atoms with van der Waals surface area (Å²) >= 11 is 0.851. The summed E-state index contributed by atoms with van der Waals surface area (Å²) < 4.78 is 40.3. The Balaban J connectivity index is 0.00000225. The van der Waals surface area contributed by atoms with E-state index in [0.29, 0.717) is 10.5 Å². The van der Waals surface area contributed by atoms with Crippen molar-refractivity contribution in [3.63, 3.8) is 0 Å². The number of carbonyl (C=O) groups excluding carboxylic acids is 1. The molecule has 3 rings (SSSR count). The molecular formula is C15H14ClF3N4OS. The zero-order valence-corrected chi connectivity index (χ0v) is 14.6. The molecule has 2 N–H and O–H groups in total. The van der Waals surface area contributed by atoms with Gasteiger partial charge in [-0.2, -0.15) is 13.2 Å². The molecule has 0 aliphatic carbocycles. The molecule has 1 aliphatic heterocycles. The number of rotatable bonds is 2. The van der Waals surface area contributed by atoms with E-state index in [1.165, 1.54) is 11.8 Å². The van der Waals surface area contributed by atoms with Crippen molar-refractivity contribution < 1.29 is 18.0 Å². The van der Waals surface area contributed by atoms with E-state index in [2.05, 4.69) is 9.97 Å². The van der Waals surface area contributed by atoms with E-state index in [0.717, 1.165) is 11.8 Å². The quantitative estimate of drug-likeness (QED) is 0.851. The van der Waals surface area contributed by atoms with E-state index >= 15 is 0 Å². The number of halogens is 4. The molecule has 0 saturated heterocycles. The van der Waals surface area contributed by atoms with Gasteiger partial charge in [-0.3, -0.25) is 9.69 Å². The van der Waals surface area contributed by atoms with Crippen molar-refractivity contribution in [3.8, 4) is 0 Å². The van der Waals surface area contributed by atoms with Gasteiger partial charge in [0.15, 0.2) is 11.5 Å². The Morgan fingerprint density at radius 3 is 2.56 bits per heavy atom. The van der Waals surface area contributed by atoms with Gasteiger partial charge in [0.2, 0.25) is 0 Å². The molecule has 0 bridgehead atoms. The Hall–Kier alpha value is -1.84. The largest absolute Gasteiger partial charge is 0.434 e. The van der Waals surface area contributed by atoms with Crippen LogP contribution in [0.5, 0.6) is 0 Å². The predicted molar refractivity (Wildman–Crippen MR) is 90.3 cm³/mol. The summed E-state index contributed by atoms with van der Waals surface area (Å²) in [7, 11) is 0. The van der Waals surface area contributed by atoms with Gasteiger partial charge in [0, 0.05) is 18.0 Å². The van der Waals surface area contributed by atoms with E-state index in [1.807, 2.05) is 0 Å². The molecule has 1 aromatic heterocycles. The summed E-state index contributed by atoms with van der Waals surface area (Å²) in [6.07, 6.45) is -4.65. The highest BCUT2D eigenvalue weighted by molar-refractivity contribution is 7.99. The van der Waals surface area contributed by atoms with Crippen LogP contribution in [0, 0.1) is 6.92 Å². The molecule has 1 aromatic carbocycles. The first-order valence-electron chi connectivity index (χ1n) is 7.07. The van der Waals surface area contributed by atoms with Crippen LogP contribution in [0.15, 0.2) is 34.1 Å². The average Bonchev–Trinajstić information content (AvgIpc) is 2.63. The van der Waals surface area contributed by atoms with E-state index in [1.54, 1.807) is 24.3 Å². The van der Waals surface area contributed by atoms with Crippen molar-refractivity contribution >= 4 is 35.9 Å². The number of alkyl halides is 3. The van der Waals surface area contributed by atoms with Crippen molar-refractivity contribution in [2.75, 3.05) is 18.0 Å². The zero-order valence-electron chi connectivity index (χ0n) is 13.0. The molecule has 2 aromatic rings. The van der Waals surface area contributed by atoms with Crippen LogP contribution in [0.25, 0.3) is 0 Å². The second-order valence-corrected chi connectivity index (χ2v) is 6.17. The van der Waals surface area contributed by atoms with Gasteiger partial charge < -0.3 is 5.73 Å². The predicted octanol–water partition coefficient (Wildman–Crippen LogP) is 3.30. The second-order valence-electron chi connectivity index (χ2n) is 5.11. The number of aryl methyl sites for hydroxylation is 1. The highest BCUT2D eigenvalue weighted by atomic mass is 35.5. The standard InChI is InChI=1S/C15H13F3N4OS.ClH/c1-8-20-12(15(16,17)18)11-13(21-8)22(7-6-19)14(23)9-4-2-3-5-10(9)24-11;/h2-5H,6-7,19H2,1H3;1H. The molecular weight excluding hydrogens is 377 g/mol. The Labute approximate surface area is 152 Å². The number of nitrogens with two attached hydrogens (primary N) is 1. The molecule has 1 amide bonds. The summed E-state index contributed by atoms with van der Waals surface area (Å²) in [5, 5.41) is 0. The van der Waals surface area contributed by atoms with Crippen LogP contribution in [0.2, 0.25) is 0 Å². The lowest BCUT2D eigenvalue weighted by Gasteiger charge is -2.22. The Kier molecular flexibility index (Phi) is 5.60. The third kappa shape index (κ3) is 3.58. The highest BCUT2D eigenvalue weighted by Gasteiger charge is 2.41. The van der Waals surface area contributed by atoms with Gasteiger partial charge in [0.05, 0.1) is 10.5 Å². The van der Waals surface area contributed by atoms with Crippen molar-refractivity contribution in [1.82, 2.24) is 9.97 Å². The van der Waals surface area contributed by atoms with Crippen LogP contribution in [-0.4, -0.2) is 29.0 Å². The van der Waals surface area contributed by atoms with E-state index < -0.39 is 17.8 Å². The van der Waals surface area contributed by atoms with E-state index in [-0.39, 0.29) is 42.0 Å². The van der Waals surface area contributed by atoms with Crippen molar-refractivity contribution in [1.29, 1.82) is 0 Å². The Bertz CT molecular complexity index is 816. The minimum Gasteiger partial charge on any atom is -0.329 e. The van der Waals surface area contributed by atoms with Gasteiger partial charge in [-0.15, -0.1) is 12.4 Å². The van der Waals surface area contributed by atoms with Crippen LogP contribution in [0.3, 0.4) is 0 Å². The fourth-order valence-electron chi connectivity index (χ4n) is 2.44. The molecule has 0 radical (unpaired) electrons. The molecule has 0 fully saturated rings. The highest BCUT2D eigenvalue weighted by Crippen LogP contribution is 2.46. The molecule has 134 valence electrons. The monoisotopic (exact) mass is 390 g/mol. The molecule has 0 atom stereocenters. The summed E-state index contributed by atoms with van der Waals surface area (Å²) in [6, 6.07) is 6.51. The summed E-state index contributed by atoms with van der Waals surface area (Å²) in [5.41, 5.74) is 4.82. The number of nitrogens with zero attached hydrogens (tertiary/aromatic N) is 3. The lowest BCUT2D eigenvalue weighted by molar-refractivity contribution is -0.143. The van der Waals surface area contributed by atoms with E-state index in [9.17, 15) is 18.0 Å². The maximum absolute atomic E-state index is 13.4. The fourth-order valence-corrected chi connectivity index (χ4v) is 3.57. The first-order valence-corrected chi connectivity index (χ1v) is 7.89. The van der Waals surface area contributed by atoms with Crippen LogP contribution < -0.4 is 10.6 Å². The normalized spacial score (nSPS) is 13.6. The first-order chi connectivity index (χ1) is 11.3. The third-order valence-corrected chi connectivity index (χ3v) is 4.57. The second kappa shape index (κ2) is 7.19. The van der Waals surface area contributed by atoms with Crippen LogP contribution in [-0.2, 0) is 6.18 Å². The number of fused-ring (bicyclic) bond motifs is 2. The maximum atomic E-state index is 13.4. The molecule has 2 heterocycles. The third-order valence-electron chi connectivity index (χ3n) is 3.41. The Morgan fingerprint density at radius 2 is 1.92 bits per heavy atom. The number of anilines is 1. The zero-order chi connectivity index (χ0) is 17.5. The van der Waals surface area contributed by atoms with Crippen LogP contribution in [0.1, 0.15) is 21.9 Å². The molecule has 0 unspecified atom stereocenters. The molecule has 0 spiro atoms. The number of amides is 1. The lowest BCUT2D eigenvalue weighted by atomic mass is 10.2. The van der Waals surface area contributed by atoms with Gasteiger partial charge in [-0.05, 0) is 19.1 Å². The topological polar surface area (TPSA) is 72.1 Å². The molecule has 25 heavy (non-hydrogen) atoms. The SMILES string of the molecule is Cc1nc2c(c(C(F)(F)F)n1)Sc1ccccc1C(=O)N2CCN.Cl. The molecule has 5 nitrogen and oxygen atoms in total. The van der Waals surface area contributed by atoms with Gasteiger partial charge in [0.1, 0.15) is 5.82 Å². The number of benzene rings is 1. The van der Waals surface area contributed by atoms with Crippen molar-refractivity contribution in [2.24, 2.45) is 5.73 Å². The summed E-state index contributed by atoms with van der Waals surface area (Å²) in [6.45, 7) is 1.53. The summed E-state index contributed by atoms with van der Waals surface area (Å²) in [5.74, 6) is -0.526. The molecule has 10 heteroatoms. The number of hydrogen-bond donors (Lipinski definition) is 1. The molecule has 1 aliphatic rings. The van der Waals surface area contributed by atoms with Gasteiger partial charge >= 0.3 is 6.18 Å². The van der Waals surface area contributed by atoms with Gasteiger partial charge in [-0.25, -0.2) is 9.97 Å². The van der Waals surface area contributed by atoms with Crippen molar-refractivity contribution in [2.45, 2.75) is 22.9 Å². The fraction of sp³-hybridized carbons (Fsp3) is 0.267. The number of carbonyl (C=O) groups is 1. The smallest absolute Gasteiger partial charge is 0.329 e. The Morgan fingerprint density at radius 1 is 1.24 bits per heavy atom. The lowest BCUT2D eigenvalue weighted by Crippen LogP contribution is -2.36. The van der Waals surface area contributed by atoms with Crippen LogP contribution in [0.4, 0.5) is 19.0 Å². The van der Waals surface area contributed by atoms with Crippen LogP contribution >= 0.6 is 24.2 Å². The molecule has 0 saturated carbocycles.